The van der Waals surface area contributed by atoms with Crippen molar-refractivity contribution >= 4 is 17.7 Å². The van der Waals surface area contributed by atoms with Crippen LogP contribution >= 0.6 is 11.8 Å². The Morgan fingerprint density at radius 1 is 1.50 bits per heavy atom. The normalized spacial score (nSPS) is 12.5. The Labute approximate surface area is 89.7 Å². The Morgan fingerprint density at radius 3 is 2.71 bits per heavy atom. The van der Waals surface area contributed by atoms with Crippen molar-refractivity contribution in [2.45, 2.75) is 12.5 Å². The number of methoxy groups -OCH3 is 2. The van der Waals surface area contributed by atoms with Crippen LogP contribution < -0.4 is 5.32 Å². The van der Waals surface area contributed by atoms with Gasteiger partial charge in [0.05, 0.1) is 20.1 Å². The van der Waals surface area contributed by atoms with E-state index in [1.54, 1.807) is 18.9 Å². The maximum absolute atomic E-state index is 10.8. The summed E-state index contributed by atoms with van der Waals surface area (Å²) in [5, 5.41) is 3.14. The molecule has 0 radical (unpaired) electrons. The Bertz CT molecular complexity index is 155. The number of carbonyl (C=O) groups is 1. The highest BCUT2D eigenvalue weighted by Gasteiger charge is 2.06. The number of hydrogen-bond acceptors (Lipinski definition) is 5. The third kappa shape index (κ3) is 7.17. The van der Waals surface area contributed by atoms with Crippen LogP contribution in [0.15, 0.2) is 0 Å². The molecule has 5 heteroatoms. The second-order valence-corrected chi connectivity index (χ2v) is 3.99. The molecule has 0 aromatic heterocycles. The molecule has 1 atom stereocenters. The molecule has 4 nitrogen and oxygen atoms in total. The van der Waals surface area contributed by atoms with E-state index in [-0.39, 0.29) is 5.97 Å². The van der Waals surface area contributed by atoms with E-state index in [4.69, 9.17) is 4.74 Å². The van der Waals surface area contributed by atoms with Crippen LogP contribution in [0.1, 0.15) is 6.42 Å². The molecule has 0 rings (SSSR count). The minimum Gasteiger partial charge on any atom is -0.469 e. The molecule has 0 fully saturated rings. The molecule has 0 aliphatic heterocycles. The molecule has 0 aliphatic rings. The van der Waals surface area contributed by atoms with E-state index in [9.17, 15) is 4.79 Å². The summed E-state index contributed by atoms with van der Waals surface area (Å²) in [4.78, 5) is 10.8. The molecule has 84 valence electrons. The van der Waals surface area contributed by atoms with Gasteiger partial charge in [-0.25, -0.2) is 0 Å². The van der Waals surface area contributed by atoms with Gasteiger partial charge in [-0.2, -0.15) is 11.8 Å². The second-order valence-electron chi connectivity index (χ2n) is 2.84. The number of rotatable bonds is 8. The average molecular weight is 221 g/mol. The molecule has 14 heavy (non-hydrogen) atoms. The van der Waals surface area contributed by atoms with Gasteiger partial charge in [0.1, 0.15) is 0 Å². The molecular formula is C9H19NO3S. The fourth-order valence-electron chi connectivity index (χ4n) is 0.899. The van der Waals surface area contributed by atoms with E-state index in [0.717, 1.165) is 11.5 Å². The summed E-state index contributed by atoms with van der Waals surface area (Å²) < 4.78 is 9.57. The standard InChI is InChI=1S/C9H19NO3S/c1-10-8(6-12-2)7-14-5-4-9(11)13-3/h8,10H,4-7H2,1-3H3. The predicted octanol–water partition coefficient (Wildman–Crippen LogP) is 0.517. The van der Waals surface area contributed by atoms with Crippen LogP contribution in [0, 0.1) is 0 Å². The number of nitrogens with one attached hydrogen (secondary N) is 1. The number of thioether (sulfide) groups is 1. The molecular weight excluding hydrogens is 202 g/mol. The van der Waals surface area contributed by atoms with Gasteiger partial charge in [0.15, 0.2) is 0 Å². The first-order valence-corrected chi connectivity index (χ1v) is 5.70. The van der Waals surface area contributed by atoms with Gasteiger partial charge >= 0.3 is 5.97 Å². The van der Waals surface area contributed by atoms with Gasteiger partial charge in [0.2, 0.25) is 0 Å². The third-order valence-corrected chi connectivity index (χ3v) is 2.90. The highest BCUT2D eigenvalue weighted by Crippen LogP contribution is 2.05. The van der Waals surface area contributed by atoms with Crippen LogP contribution in [-0.4, -0.2) is 51.4 Å². The average Bonchev–Trinajstić information content (AvgIpc) is 2.22. The van der Waals surface area contributed by atoms with Crippen molar-refractivity contribution in [3.8, 4) is 0 Å². The topological polar surface area (TPSA) is 47.6 Å². The SMILES string of the molecule is CNC(COC)CSCCC(=O)OC. The maximum Gasteiger partial charge on any atom is 0.306 e. The van der Waals surface area contributed by atoms with Gasteiger partial charge < -0.3 is 14.8 Å². The van der Waals surface area contributed by atoms with Crippen LogP contribution in [0.4, 0.5) is 0 Å². The number of hydrogen-bond donors (Lipinski definition) is 1. The lowest BCUT2D eigenvalue weighted by Crippen LogP contribution is -2.32. The molecule has 0 aliphatic carbocycles. The molecule has 0 bridgehead atoms. The lowest BCUT2D eigenvalue weighted by atomic mass is 10.4. The predicted molar refractivity (Wildman–Crippen MR) is 58.7 cm³/mol. The van der Waals surface area contributed by atoms with Gasteiger partial charge in [0, 0.05) is 24.7 Å². The van der Waals surface area contributed by atoms with Gasteiger partial charge in [0.25, 0.3) is 0 Å². The second kappa shape index (κ2) is 9.30. The fourth-order valence-corrected chi connectivity index (χ4v) is 1.92. The summed E-state index contributed by atoms with van der Waals surface area (Å²) in [5.41, 5.74) is 0. The zero-order valence-corrected chi connectivity index (χ0v) is 9.86. The van der Waals surface area contributed by atoms with E-state index in [1.165, 1.54) is 7.11 Å². The Hall–Kier alpha value is -0.260. The summed E-state index contributed by atoms with van der Waals surface area (Å²) in [6.45, 7) is 0.696. The van der Waals surface area contributed by atoms with E-state index in [2.05, 4.69) is 10.1 Å². The smallest absolute Gasteiger partial charge is 0.306 e. The molecule has 0 spiro atoms. The van der Waals surface area contributed by atoms with E-state index in [1.807, 2.05) is 7.05 Å². The molecule has 0 aromatic rings. The maximum atomic E-state index is 10.8. The number of ether oxygens (including phenoxy) is 2. The highest BCUT2D eigenvalue weighted by molar-refractivity contribution is 7.99. The summed E-state index contributed by atoms with van der Waals surface area (Å²) in [5.74, 6) is 1.60. The van der Waals surface area contributed by atoms with Gasteiger partial charge in [-0.3, -0.25) is 4.79 Å². The van der Waals surface area contributed by atoms with Crippen LogP contribution in [0.25, 0.3) is 0 Å². The van der Waals surface area contributed by atoms with Gasteiger partial charge in [-0.15, -0.1) is 0 Å². The lowest BCUT2D eigenvalue weighted by molar-refractivity contribution is -0.140. The third-order valence-electron chi connectivity index (χ3n) is 1.77. The van der Waals surface area contributed by atoms with Crippen molar-refractivity contribution in [2.75, 3.05) is 39.4 Å². The monoisotopic (exact) mass is 221 g/mol. The first-order chi connectivity index (χ1) is 6.74. The van der Waals surface area contributed by atoms with Crippen LogP contribution in [0.5, 0.6) is 0 Å². The molecule has 0 amide bonds. The van der Waals surface area contributed by atoms with Gasteiger partial charge in [-0.1, -0.05) is 0 Å². The molecule has 0 saturated carbocycles. The van der Waals surface area contributed by atoms with Gasteiger partial charge in [-0.05, 0) is 7.05 Å². The highest BCUT2D eigenvalue weighted by atomic mass is 32.2. The Morgan fingerprint density at radius 2 is 2.21 bits per heavy atom. The van der Waals surface area contributed by atoms with Crippen molar-refractivity contribution in [2.24, 2.45) is 0 Å². The van der Waals surface area contributed by atoms with E-state index in [0.29, 0.717) is 19.1 Å². The van der Waals surface area contributed by atoms with E-state index < -0.39 is 0 Å². The Kier molecular flexibility index (Phi) is 9.13. The van der Waals surface area contributed by atoms with Crippen molar-refractivity contribution in [3.63, 3.8) is 0 Å². The minimum absolute atomic E-state index is 0.148. The molecule has 0 aromatic carbocycles. The van der Waals surface area contributed by atoms with Crippen LogP contribution in [0.3, 0.4) is 0 Å². The molecule has 0 saturated heterocycles. The van der Waals surface area contributed by atoms with Crippen LogP contribution in [-0.2, 0) is 14.3 Å². The minimum atomic E-state index is -0.148. The van der Waals surface area contributed by atoms with Crippen LogP contribution in [0.2, 0.25) is 0 Å². The number of esters is 1. The zero-order valence-electron chi connectivity index (χ0n) is 9.04. The lowest BCUT2D eigenvalue weighted by Gasteiger charge is -2.13. The molecule has 0 heterocycles. The molecule has 1 unspecified atom stereocenters. The van der Waals surface area contributed by atoms with Crippen molar-refractivity contribution in [1.82, 2.24) is 5.32 Å². The first-order valence-electron chi connectivity index (χ1n) is 4.55. The van der Waals surface area contributed by atoms with Crippen molar-refractivity contribution in [3.05, 3.63) is 0 Å². The fraction of sp³-hybridized carbons (Fsp3) is 0.889. The zero-order chi connectivity index (χ0) is 10.8. The Balaban J connectivity index is 3.37. The number of carbonyl (C=O) groups excluding carboxylic acids is 1. The summed E-state index contributed by atoms with van der Waals surface area (Å²) in [7, 11) is 5.00. The summed E-state index contributed by atoms with van der Waals surface area (Å²) in [6, 6.07) is 0.350. The largest absolute Gasteiger partial charge is 0.469 e. The quantitative estimate of drug-likeness (QED) is 0.478. The first kappa shape index (κ1) is 13.7. The van der Waals surface area contributed by atoms with Crippen molar-refractivity contribution in [1.29, 1.82) is 0 Å². The van der Waals surface area contributed by atoms with E-state index >= 15 is 0 Å². The summed E-state index contributed by atoms with van der Waals surface area (Å²) >= 11 is 1.73. The number of likely N-dealkylation sites (N-methyl/N-ethyl adjacent to an activating group) is 1. The molecule has 1 N–H and O–H groups in total. The van der Waals surface area contributed by atoms with Crippen molar-refractivity contribution < 1.29 is 14.3 Å². The summed E-state index contributed by atoms with van der Waals surface area (Å²) in [6.07, 6.45) is 0.477.